The summed E-state index contributed by atoms with van der Waals surface area (Å²) in [5.74, 6) is 0.809. The Morgan fingerprint density at radius 2 is 1.58 bits per heavy atom. The number of pyridine rings is 2. The van der Waals surface area contributed by atoms with Crippen molar-refractivity contribution in [1.29, 1.82) is 0 Å². The molecular formula is C19H19FN4. The third kappa shape index (κ3) is 2.89. The van der Waals surface area contributed by atoms with Crippen LogP contribution in [0.2, 0.25) is 0 Å². The molecule has 24 heavy (non-hydrogen) atoms. The van der Waals surface area contributed by atoms with Crippen LogP contribution in [0.15, 0.2) is 55.0 Å². The van der Waals surface area contributed by atoms with E-state index in [9.17, 15) is 4.39 Å². The fourth-order valence-corrected chi connectivity index (χ4v) is 3.29. The SMILES string of the molecule is Fc1ccc(N2CCCN(c3nccc4ccncc34)CC2)cc1. The summed E-state index contributed by atoms with van der Waals surface area (Å²) in [5, 5.41) is 2.25. The number of aromatic nitrogens is 2. The molecule has 0 unspecified atom stereocenters. The second-order valence-corrected chi connectivity index (χ2v) is 6.04. The van der Waals surface area contributed by atoms with E-state index in [4.69, 9.17) is 0 Å². The quantitative estimate of drug-likeness (QED) is 0.723. The second-order valence-electron chi connectivity index (χ2n) is 6.04. The van der Waals surface area contributed by atoms with Crippen LogP contribution in [0.25, 0.3) is 10.8 Å². The van der Waals surface area contributed by atoms with Crippen molar-refractivity contribution in [3.8, 4) is 0 Å². The van der Waals surface area contributed by atoms with Crippen LogP contribution in [0, 0.1) is 5.82 Å². The fourth-order valence-electron chi connectivity index (χ4n) is 3.29. The summed E-state index contributed by atoms with van der Waals surface area (Å²) in [5.41, 5.74) is 1.07. The number of nitrogens with zero attached hydrogens (tertiary/aromatic N) is 4. The van der Waals surface area contributed by atoms with E-state index in [-0.39, 0.29) is 5.82 Å². The van der Waals surface area contributed by atoms with Crippen LogP contribution in [0.1, 0.15) is 6.42 Å². The van der Waals surface area contributed by atoms with Gasteiger partial charge >= 0.3 is 0 Å². The lowest BCUT2D eigenvalue weighted by atomic mass is 10.2. The predicted molar refractivity (Wildman–Crippen MR) is 95.0 cm³/mol. The van der Waals surface area contributed by atoms with Gasteiger partial charge in [-0.3, -0.25) is 4.98 Å². The van der Waals surface area contributed by atoms with Crippen molar-refractivity contribution in [2.45, 2.75) is 6.42 Å². The number of hydrogen-bond donors (Lipinski definition) is 0. The van der Waals surface area contributed by atoms with E-state index in [1.165, 1.54) is 12.1 Å². The molecule has 0 amide bonds. The fraction of sp³-hybridized carbons (Fsp3) is 0.263. The van der Waals surface area contributed by atoms with Crippen LogP contribution < -0.4 is 9.80 Å². The molecule has 2 aromatic heterocycles. The van der Waals surface area contributed by atoms with Gasteiger partial charge in [0.2, 0.25) is 0 Å². The lowest BCUT2D eigenvalue weighted by Gasteiger charge is -2.24. The van der Waals surface area contributed by atoms with Crippen LogP contribution in [0.3, 0.4) is 0 Å². The largest absolute Gasteiger partial charge is 0.370 e. The van der Waals surface area contributed by atoms with Crippen LogP contribution >= 0.6 is 0 Å². The number of halogens is 1. The number of rotatable bonds is 2. The highest BCUT2D eigenvalue weighted by Crippen LogP contribution is 2.25. The van der Waals surface area contributed by atoms with Gasteiger partial charge in [-0.25, -0.2) is 9.37 Å². The van der Waals surface area contributed by atoms with Gasteiger partial charge in [-0.2, -0.15) is 0 Å². The number of hydrogen-bond acceptors (Lipinski definition) is 4. The number of benzene rings is 1. The summed E-state index contributed by atoms with van der Waals surface area (Å²) in [6.07, 6.45) is 6.60. The summed E-state index contributed by atoms with van der Waals surface area (Å²) in [6, 6.07) is 10.8. The molecule has 4 rings (SSSR count). The molecule has 0 aliphatic carbocycles. The molecule has 1 aliphatic heterocycles. The minimum atomic E-state index is -0.192. The molecule has 3 heterocycles. The highest BCUT2D eigenvalue weighted by atomic mass is 19.1. The Labute approximate surface area is 140 Å². The van der Waals surface area contributed by atoms with Gasteiger partial charge in [-0.15, -0.1) is 0 Å². The highest BCUT2D eigenvalue weighted by molar-refractivity contribution is 5.91. The van der Waals surface area contributed by atoms with E-state index in [0.717, 1.165) is 54.9 Å². The van der Waals surface area contributed by atoms with Crippen LogP contribution in [-0.2, 0) is 0 Å². The maximum absolute atomic E-state index is 13.1. The molecular weight excluding hydrogens is 303 g/mol. The standard InChI is InChI=1S/C19H19FN4/c20-16-2-4-17(5-3-16)23-10-1-11-24(13-12-23)19-18-14-21-8-6-15(18)7-9-22-19/h2-9,14H,1,10-13H2. The molecule has 0 radical (unpaired) electrons. The van der Waals surface area contributed by atoms with E-state index in [1.54, 1.807) is 0 Å². The van der Waals surface area contributed by atoms with Crippen molar-refractivity contribution >= 4 is 22.3 Å². The Hall–Kier alpha value is -2.69. The summed E-state index contributed by atoms with van der Waals surface area (Å²) in [7, 11) is 0. The molecule has 0 saturated carbocycles. The first-order chi connectivity index (χ1) is 11.8. The number of fused-ring (bicyclic) bond motifs is 1. The van der Waals surface area contributed by atoms with Gasteiger partial charge in [0.25, 0.3) is 0 Å². The first kappa shape index (κ1) is 14.9. The third-order valence-electron chi connectivity index (χ3n) is 4.53. The van der Waals surface area contributed by atoms with Crippen molar-refractivity contribution in [1.82, 2.24) is 9.97 Å². The Bertz CT molecular complexity index is 829. The lowest BCUT2D eigenvalue weighted by molar-refractivity contribution is 0.627. The molecule has 0 spiro atoms. The molecule has 3 aromatic rings. The normalized spacial score (nSPS) is 15.5. The van der Waals surface area contributed by atoms with Gasteiger partial charge < -0.3 is 9.80 Å². The summed E-state index contributed by atoms with van der Waals surface area (Å²) in [6.45, 7) is 3.70. The molecule has 5 heteroatoms. The Balaban J connectivity index is 1.57. The lowest BCUT2D eigenvalue weighted by Crippen LogP contribution is -2.31. The van der Waals surface area contributed by atoms with Crippen LogP contribution in [-0.4, -0.2) is 36.1 Å². The highest BCUT2D eigenvalue weighted by Gasteiger charge is 2.18. The Morgan fingerprint density at radius 1 is 0.833 bits per heavy atom. The maximum atomic E-state index is 13.1. The summed E-state index contributed by atoms with van der Waals surface area (Å²) < 4.78 is 13.1. The van der Waals surface area contributed by atoms with Crippen molar-refractivity contribution in [3.05, 3.63) is 60.8 Å². The molecule has 1 aromatic carbocycles. The summed E-state index contributed by atoms with van der Waals surface area (Å²) >= 11 is 0. The van der Waals surface area contributed by atoms with Crippen molar-refractivity contribution < 1.29 is 4.39 Å². The average molecular weight is 322 g/mol. The number of anilines is 2. The molecule has 1 aliphatic rings. The second kappa shape index (κ2) is 6.43. The smallest absolute Gasteiger partial charge is 0.138 e. The van der Waals surface area contributed by atoms with Gasteiger partial charge in [0, 0.05) is 55.8 Å². The third-order valence-corrected chi connectivity index (χ3v) is 4.53. The zero-order chi connectivity index (χ0) is 16.4. The van der Waals surface area contributed by atoms with Gasteiger partial charge in [0.05, 0.1) is 0 Å². The minimum absolute atomic E-state index is 0.192. The van der Waals surface area contributed by atoms with Gasteiger partial charge in [0.15, 0.2) is 0 Å². The van der Waals surface area contributed by atoms with E-state index >= 15 is 0 Å². The summed E-state index contributed by atoms with van der Waals surface area (Å²) in [4.78, 5) is 13.5. The van der Waals surface area contributed by atoms with E-state index in [0.29, 0.717) is 0 Å². The molecule has 0 bridgehead atoms. The molecule has 1 saturated heterocycles. The van der Waals surface area contributed by atoms with Gasteiger partial charge in [-0.05, 0) is 48.2 Å². The van der Waals surface area contributed by atoms with Gasteiger partial charge in [0.1, 0.15) is 11.6 Å². The van der Waals surface area contributed by atoms with E-state index in [1.807, 2.05) is 42.9 Å². The first-order valence-electron chi connectivity index (χ1n) is 8.25. The first-order valence-corrected chi connectivity index (χ1v) is 8.25. The molecule has 0 atom stereocenters. The zero-order valence-corrected chi connectivity index (χ0v) is 13.4. The van der Waals surface area contributed by atoms with Crippen molar-refractivity contribution in [2.75, 3.05) is 36.0 Å². The molecule has 0 N–H and O–H groups in total. The zero-order valence-electron chi connectivity index (χ0n) is 13.4. The maximum Gasteiger partial charge on any atom is 0.138 e. The molecule has 1 fully saturated rings. The van der Waals surface area contributed by atoms with Crippen LogP contribution in [0.5, 0.6) is 0 Å². The predicted octanol–water partition coefficient (Wildman–Crippen LogP) is 3.49. The van der Waals surface area contributed by atoms with E-state index in [2.05, 4.69) is 19.8 Å². The average Bonchev–Trinajstić information content (AvgIpc) is 2.88. The van der Waals surface area contributed by atoms with Gasteiger partial charge in [-0.1, -0.05) is 0 Å². The molecule has 4 nitrogen and oxygen atoms in total. The van der Waals surface area contributed by atoms with Crippen molar-refractivity contribution in [2.24, 2.45) is 0 Å². The minimum Gasteiger partial charge on any atom is -0.370 e. The topological polar surface area (TPSA) is 32.3 Å². The molecule has 122 valence electrons. The Morgan fingerprint density at radius 3 is 2.46 bits per heavy atom. The Kier molecular flexibility index (Phi) is 3.99. The monoisotopic (exact) mass is 322 g/mol. The van der Waals surface area contributed by atoms with Crippen molar-refractivity contribution in [3.63, 3.8) is 0 Å². The van der Waals surface area contributed by atoms with E-state index < -0.39 is 0 Å². The van der Waals surface area contributed by atoms with Crippen LogP contribution in [0.4, 0.5) is 15.9 Å².